The SMILES string of the molecule is CC(N)Cc1nc(C(=O)O)c2cc(O)ccn12. The number of fused-ring (bicyclic) bond motifs is 1. The van der Waals surface area contributed by atoms with Crippen LogP contribution >= 0.6 is 0 Å². The maximum Gasteiger partial charge on any atom is 0.356 e. The molecule has 2 aromatic rings. The zero-order valence-corrected chi connectivity index (χ0v) is 9.29. The van der Waals surface area contributed by atoms with E-state index in [9.17, 15) is 9.90 Å². The average Bonchev–Trinajstić information content (AvgIpc) is 2.55. The molecule has 2 aromatic heterocycles. The van der Waals surface area contributed by atoms with Crippen molar-refractivity contribution in [3.05, 3.63) is 29.8 Å². The molecular formula is C11H13N3O3. The van der Waals surface area contributed by atoms with Crippen molar-refractivity contribution in [3.63, 3.8) is 0 Å². The normalized spacial score (nSPS) is 12.8. The van der Waals surface area contributed by atoms with Crippen molar-refractivity contribution in [1.82, 2.24) is 9.38 Å². The van der Waals surface area contributed by atoms with Crippen LogP contribution in [0.25, 0.3) is 5.52 Å². The number of hydrogen-bond donors (Lipinski definition) is 3. The van der Waals surface area contributed by atoms with Gasteiger partial charge in [-0.25, -0.2) is 9.78 Å². The fourth-order valence-corrected chi connectivity index (χ4v) is 1.73. The molecule has 17 heavy (non-hydrogen) atoms. The largest absolute Gasteiger partial charge is 0.508 e. The molecule has 0 aromatic carbocycles. The number of imidazole rings is 1. The lowest BCUT2D eigenvalue weighted by atomic mass is 10.2. The molecule has 2 rings (SSSR count). The summed E-state index contributed by atoms with van der Waals surface area (Å²) in [6.07, 6.45) is 2.06. The molecule has 2 heterocycles. The number of carboxylic acid groups (broad SMARTS) is 1. The summed E-state index contributed by atoms with van der Waals surface area (Å²) in [4.78, 5) is 15.1. The number of aromatic nitrogens is 2. The van der Waals surface area contributed by atoms with Gasteiger partial charge in [-0.2, -0.15) is 0 Å². The number of aromatic hydroxyl groups is 1. The molecule has 0 amide bonds. The number of nitrogens with zero attached hydrogens (tertiary/aromatic N) is 2. The van der Waals surface area contributed by atoms with E-state index in [4.69, 9.17) is 10.8 Å². The fourth-order valence-electron chi connectivity index (χ4n) is 1.73. The van der Waals surface area contributed by atoms with Crippen LogP contribution in [0.15, 0.2) is 18.3 Å². The van der Waals surface area contributed by atoms with Crippen molar-refractivity contribution in [2.45, 2.75) is 19.4 Å². The molecule has 0 bridgehead atoms. The van der Waals surface area contributed by atoms with Crippen LogP contribution < -0.4 is 5.73 Å². The number of hydrogen-bond acceptors (Lipinski definition) is 4. The second-order valence-corrected chi connectivity index (χ2v) is 4.00. The number of carbonyl (C=O) groups is 1. The monoisotopic (exact) mass is 235 g/mol. The predicted molar refractivity (Wildman–Crippen MR) is 61.2 cm³/mol. The highest BCUT2D eigenvalue weighted by atomic mass is 16.4. The van der Waals surface area contributed by atoms with Crippen LogP contribution in [0.4, 0.5) is 0 Å². The van der Waals surface area contributed by atoms with Crippen molar-refractivity contribution >= 4 is 11.5 Å². The van der Waals surface area contributed by atoms with Gasteiger partial charge in [-0.05, 0) is 13.0 Å². The topological polar surface area (TPSA) is 101 Å². The quantitative estimate of drug-likeness (QED) is 0.724. The maximum atomic E-state index is 11.0. The molecule has 0 saturated heterocycles. The molecule has 6 nitrogen and oxygen atoms in total. The van der Waals surface area contributed by atoms with E-state index in [1.165, 1.54) is 12.1 Å². The first-order valence-corrected chi connectivity index (χ1v) is 5.18. The first-order chi connectivity index (χ1) is 7.99. The molecule has 0 aliphatic carbocycles. The number of nitrogens with two attached hydrogens (primary N) is 1. The van der Waals surface area contributed by atoms with Gasteiger partial charge >= 0.3 is 5.97 Å². The average molecular weight is 235 g/mol. The lowest BCUT2D eigenvalue weighted by molar-refractivity contribution is 0.0693. The Morgan fingerprint density at radius 3 is 2.94 bits per heavy atom. The molecule has 1 atom stereocenters. The van der Waals surface area contributed by atoms with E-state index in [1.54, 1.807) is 10.6 Å². The van der Waals surface area contributed by atoms with Crippen molar-refractivity contribution in [1.29, 1.82) is 0 Å². The molecule has 4 N–H and O–H groups in total. The maximum absolute atomic E-state index is 11.0. The Labute approximate surface area is 97.3 Å². The Hall–Kier alpha value is -2.08. The van der Waals surface area contributed by atoms with E-state index in [-0.39, 0.29) is 17.5 Å². The van der Waals surface area contributed by atoms with Gasteiger partial charge in [0, 0.05) is 24.7 Å². The molecule has 6 heteroatoms. The number of aromatic carboxylic acids is 1. The Bertz CT molecular complexity index is 575. The Morgan fingerprint density at radius 1 is 1.65 bits per heavy atom. The van der Waals surface area contributed by atoms with Gasteiger partial charge in [0.05, 0.1) is 5.52 Å². The molecule has 0 spiro atoms. The lowest BCUT2D eigenvalue weighted by Gasteiger charge is -2.03. The highest BCUT2D eigenvalue weighted by Gasteiger charge is 2.17. The minimum atomic E-state index is -1.12. The number of rotatable bonds is 3. The zero-order chi connectivity index (χ0) is 12.6. The van der Waals surface area contributed by atoms with Gasteiger partial charge in [-0.15, -0.1) is 0 Å². The number of pyridine rings is 1. The second kappa shape index (κ2) is 4.06. The zero-order valence-electron chi connectivity index (χ0n) is 9.29. The van der Waals surface area contributed by atoms with Gasteiger partial charge in [-0.1, -0.05) is 0 Å². The minimum absolute atomic E-state index is 0.00671. The molecule has 1 unspecified atom stereocenters. The third-order valence-corrected chi connectivity index (χ3v) is 2.41. The van der Waals surface area contributed by atoms with Crippen molar-refractivity contribution in [2.24, 2.45) is 5.73 Å². The van der Waals surface area contributed by atoms with Crippen LogP contribution in [0.2, 0.25) is 0 Å². The van der Waals surface area contributed by atoms with Crippen molar-refractivity contribution < 1.29 is 15.0 Å². The summed E-state index contributed by atoms with van der Waals surface area (Å²) in [6, 6.07) is 2.74. The summed E-state index contributed by atoms with van der Waals surface area (Å²) in [7, 11) is 0. The van der Waals surface area contributed by atoms with Crippen LogP contribution in [-0.4, -0.2) is 31.6 Å². The summed E-state index contributed by atoms with van der Waals surface area (Å²) >= 11 is 0. The minimum Gasteiger partial charge on any atom is -0.508 e. The summed E-state index contributed by atoms with van der Waals surface area (Å²) in [5.41, 5.74) is 5.98. The van der Waals surface area contributed by atoms with Gasteiger partial charge in [-0.3, -0.25) is 0 Å². The summed E-state index contributed by atoms with van der Waals surface area (Å²) in [5.74, 6) is -0.538. The van der Waals surface area contributed by atoms with Crippen LogP contribution in [-0.2, 0) is 6.42 Å². The summed E-state index contributed by atoms with van der Waals surface area (Å²) in [6.45, 7) is 1.82. The van der Waals surface area contributed by atoms with Crippen LogP contribution in [0.3, 0.4) is 0 Å². The molecule has 0 aliphatic rings. The van der Waals surface area contributed by atoms with E-state index in [0.29, 0.717) is 17.8 Å². The fraction of sp³-hybridized carbons (Fsp3) is 0.273. The molecule has 0 saturated carbocycles. The lowest BCUT2D eigenvalue weighted by Crippen LogP contribution is -2.19. The highest BCUT2D eigenvalue weighted by molar-refractivity contribution is 5.94. The Morgan fingerprint density at radius 2 is 2.35 bits per heavy atom. The third kappa shape index (κ3) is 2.07. The highest BCUT2D eigenvalue weighted by Crippen LogP contribution is 2.19. The standard InChI is InChI=1S/C11H13N3O3/c1-6(12)4-9-13-10(11(16)17)8-5-7(15)2-3-14(8)9/h2-3,5-6,15H,4,12H2,1H3,(H,16,17). The van der Waals surface area contributed by atoms with E-state index in [2.05, 4.69) is 4.98 Å². The number of carboxylic acids is 1. The van der Waals surface area contributed by atoms with E-state index in [0.717, 1.165) is 0 Å². The second-order valence-electron chi connectivity index (χ2n) is 4.00. The molecular weight excluding hydrogens is 222 g/mol. The van der Waals surface area contributed by atoms with Gasteiger partial charge in [0.15, 0.2) is 5.69 Å². The Balaban J connectivity index is 2.66. The van der Waals surface area contributed by atoms with Crippen molar-refractivity contribution in [2.75, 3.05) is 0 Å². The van der Waals surface area contributed by atoms with E-state index in [1.807, 2.05) is 6.92 Å². The van der Waals surface area contributed by atoms with Gasteiger partial charge in [0.25, 0.3) is 0 Å². The van der Waals surface area contributed by atoms with Crippen molar-refractivity contribution in [3.8, 4) is 5.75 Å². The van der Waals surface area contributed by atoms with E-state index < -0.39 is 5.97 Å². The molecule has 0 fully saturated rings. The molecule has 0 radical (unpaired) electrons. The third-order valence-electron chi connectivity index (χ3n) is 2.41. The summed E-state index contributed by atoms with van der Waals surface area (Å²) in [5, 5.41) is 18.4. The Kier molecular flexibility index (Phi) is 2.72. The first-order valence-electron chi connectivity index (χ1n) is 5.18. The molecule has 0 aliphatic heterocycles. The van der Waals surface area contributed by atoms with Crippen LogP contribution in [0, 0.1) is 0 Å². The van der Waals surface area contributed by atoms with E-state index >= 15 is 0 Å². The van der Waals surface area contributed by atoms with Crippen LogP contribution in [0.1, 0.15) is 23.2 Å². The smallest absolute Gasteiger partial charge is 0.356 e. The van der Waals surface area contributed by atoms with Crippen LogP contribution in [0.5, 0.6) is 5.75 Å². The first kappa shape index (κ1) is 11.4. The molecule has 90 valence electrons. The summed E-state index contributed by atoms with van der Waals surface area (Å²) < 4.78 is 1.63. The predicted octanol–water partition coefficient (Wildman–Crippen LogP) is 0.628. The van der Waals surface area contributed by atoms with Gasteiger partial charge in [0.1, 0.15) is 11.6 Å². The van der Waals surface area contributed by atoms with Gasteiger partial charge in [0.2, 0.25) is 0 Å². The van der Waals surface area contributed by atoms with Gasteiger partial charge < -0.3 is 20.3 Å².